The highest BCUT2D eigenvalue weighted by molar-refractivity contribution is 8.00. The lowest BCUT2D eigenvalue weighted by Crippen LogP contribution is -2.41. The largest absolute Gasteiger partial charge is 0.508 e. The summed E-state index contributed by atoms with van der Waals surface area (Å²) >= 11 is 1.49. The monoisotopic (exact) mass is 253 g/mol. The Morgan fingerprint density at radius 3 is 2.59 bits per heavy atom. The Bertz CT molecular complexity index is 374. The topological polar surface area (TPSA) is 49.8 Å². The van der Waals surface area contributed by atoms with Crippen LogP contribution in [0.3, 0.4) is 0 Å². The molecule has 1 N–H and O–H groups in total. The van der Waals surface area contributed by atoms with Crippen LogP contribution in [0.1, 0.15) is 0 Å². The second kappa shape index (κ2) is 5.93. The third-order valence-corrected chi connectivity index (χ3v) is 3.56. The van der Waals surface area contributed by atoms with Gasteiger partial charge in [0.2, 0.25) is 5.91 Å². The van der Waals surface area contributed by atoms with Crippen molar-refractivity contribution in [3.63, 3.8) is 0 Å². The molecule has 1 aliphatic rings. The molecule has 2 rings (SSSR count). The maximum atomic E-state index is 11.8. The quantitative estimate of drug-likeness (QED) is 0.826. The van der Waals surface area contributed by atoms with Gasteiger partial charge < -0.3 is 14.7 Å². The van der Waals surface area contributed by atoms with Crippen LogP contribution < -0.4 is 0 Å². The lowest BCUT2D eigenvalue weighted by Gasteiger charge is -2.26. The van der Waals surface area contributed by atoms with E-state index in [1.54, 1.807) is 12.1 Å². The van der Waals surface area contributed by atoms with Gasteiger partial charge in [0.05, 0.1) is 19.0 Å². The van der Waals surface area contributed by atoms with E-state index in [0.717, 1.165) is 4.90 Å². The van der Waals surface area contributed by atoms with Crippen LogP contribution in [0.2, 0.25) is 0 Å². The smallest absolute Gasteiger partial charge is 0.233 e. The minimum atomic E-state index is 0.145. The summed E-state index contributed by atoms with van der Waals surface area (Å²) in [5.74, 6) is 0.824. The SMILES string of the molecule is O=C(CSc1ccc(O)cc1)N1CCOCC1. The van der Waals surface area contributed by atoms with Gasteiger partial charge in [0.25, 0.3) is 0 Å². The number of carbonyl (C=O) groups is 1. The predicted molar refractivity (Wildman–Crippen MR) is 66.2 cm³/mol. The average molecular weight is 253 g/mol. The fourth-order valence-electron chi connectivity index (χ4n) is 1.59. The van der Waals surface area contributed by atoms with Crippen LogP contribution in [0.25, 0.3) is 0 Å². The molecule has 1 fully saturated rings. The normalized spacial score (nSPS) is 15.9. The first-order valence-electron chi connectivity index (χ1n) is 5.53. The van der Waals surface area contributed by atoms with Crippen molar-refractivity contribution in [3.05, 3.63) is 24.3 Å². The first-order valence-corrected chi connectivity index (χ1v) is 6.51. The van der Waals surface area contributed by atoms with Gasteiger partial charge in [-0.3, -0.25) is 4.79 Å². The molecule has 1 amide bonds. The van der Waals surface area contributed by atoms with Crippen molar-refractivity contribution in [1.82, 2.24) is 4.90 Å². The zero-order valence-electron chi connectivity index (χ0n) is 9.46. The molecule has 1 aliphatic heterocycles. The van der Waals surface area contributed by atoms with Crippen molar-refractivity contribution in [3.8, 4) is 5.75 Å². The number of amides is 1. The van der Waals surface area contributed by atoms with Gasteiger partial charge in [-0.25, -0.2) is 0 Å². The Labute approximate surface area is 105 Å². The van der Waals surface area contributed by atoms with Gasteiger partial charge in [0.1, 0.15) is 5.75 Å². The molecule has 0 aromatic heterocycles. The summed E-state index contributed by atoms with van der Waals surface area (Å²) < 4.78 is 5.20. The Hall–Kier alpha value is -1.20. The first-order chi connectivity index (χ1) is 8.25. The third-order valence-electron chi connectivity index (χ3n) is 2.56. The average Bonchev–Trinajstić information content (AvgIpc) is 2.39. The molecule has 1 aromatic rings. The number of benzene rings is 1. The second-order valence-electron chi connectivity index (χ2n) is 3.78. The molecule has 1 aromatic carbocycles. The molecule has 0 saturated carbocycles. The van der Waals surface area contributed by atoms with E-state index in [1.165, 1.54) is 11.8 Å². The number of hydrogen-bond acceptors (Lipinski definition) is 4. The number of nitrogens with zero attached hydrogens (tertiary/aromatic N) is 1. The number of aromatic hydroxyl groups is 1. The molecule has 0 bridgehead atoms. The number of phenols is 1. The van der Waals surface area contributed by atoms with Gasteiger partial charge in [-0.2, -0.15) is 0 Å². The number of phenolic OH excluding ortho intramolecular Hbond substituents is 1. The van der Waals surface area contributed by atoms with Gasteiger partial charge in [0.15, 0.2) is 0 Å². The second-order valence-corrected chi connectivity index (χ2v) is 4.82. The van der Waals surface area contributed by atoms with Gasteiger partial charge >= 0.3 is 0 Å². The van der Waals surface area contributed by atoms with E-state index in [-0.39, 0.29) is 11.7 Å². The molecular weight excluding hydrogens is 238 g/mol. The standard InChI is InChI=1S/C12H15NO3S/c14-10-1-3-11(4-2-10)17-9-12(15)13-5-7-16-8-6-13/h1-4,14H,5-9H2. The third kappa shape index (κ3) is 3.64. The molecule has 0 radical (unpaired) electrons. The summed E-state index contributed by atoms with van der Waals surface area (Å²) in [5.41, 5.74) is 0. The molecule has 92 valence electrons. The van der Waals surface area contributed by atoms with Crippen molar-refractivity contribution >= 4 is 17.7 Å². The van der Waals surface area contributed by atoms with E-state index < -0.39 is 0 Å². The Kier molecular flexibility index (Phi) is 4.28. The summed E-state index contributed by atoms with van der Waals surface area (Å²) in [5, 5.41) is 9.14. The summed E-state index contributed by atoms with van der Waals surface area (Å²) in [4.78, 5) is 14.7. The first kappa shape index (κ1) is 12.3. The van der Waals surface area contributed by atoms with E-state index in [9.17, 15) is 4.79 Å². The van der Waals surface area contributed by atoms with Gasteiger partial charge in [-0.15, -0.1) is 11.8 Å². The number of rotatable bonds is 3. The van der Waals surface area contributed by atoms with Crippen molar-refractivity contribution in [2.75, 3.05) is 32.1 Å². The zero-order valence-corrected chi connectivity index (χ0v) is 10.3. The summed E-state index contributed by atoms with van der Waals surface area (Å²) in [6, 6.07) is 6.88. The molecule has 4 nitrogen and oxygen atoms in total. The number of hydrogen-bond donors (Lipinski definition) is 1. The Morgan fingerprint density at radius 2 is 1.94 bits per heavy atom. The fourth-order valence-corrected chi connectivity index (χ4v) is 2.39. The predicted octanol–water partition coefficient (Wildman–Crippen LogP) is 1.34. The van der Waals surface area contributed by atoms with Crippen LogP contribution in [0.4, 0.5) is 0 Å². The highest BCUT2D eigenvalue weighted by Gasteiger charge is 2.16. The van der Waals surface area contributed by atoms with Crippen LogP contribution in [0.15, 0.2) is 29.2 Å². The Balaban J connectivity index is 1.81. The van der Waals surface area contributed by atoms with Crippen molar-refractivity contribution in [1.29, 1.82) is 0 Å². The van der Waals surface area contributed by atoms with E-state index in [1.807, 2.05) is 17.0 Å². The van der Waals surface area contributed by atoms with E-state index >= 15 is 0 Å². The van der Waals surface area contributed by atoms with Crippen molar-refractivity contribution in [2.24, 2.45) is 0 Å². The number of thioether (sulfide) groups is 1. The van der Waals surface area contributed by atoms with Crippen molar-refractivity contribution in [2.45, 2.75) is 4.90 Å². The van der Waals surface area contributed by atoms with Gasteiger partial charge in [0, 0.05) is 18.0 Å². The summed E-state index contributed by atoms with van der Waals surface area (Å²) in [7, 11) is 0. The number of morpholine rings is 1. The molecule has 1 heterocycles. The highest BCUT2D eigenvalue weighted by Crippen LogP contribution is 2.21. The zero-order chi connectivity index (χ0) is 12.1. The molecule has 1 saturated heterocycles. The molecular formula is C12H15NO3S. The van der Waals surface area contributed by atoms with Crippen LogP contribution in [0, 0.1) is 0 Å². The maximum Gasteiger partial charge on any atom is 0.233 e. The van der Waals surface area contributed by atoms with E-state index in [4.69, 9.17) is 9.84 Å². The lowest BCUT2D eigenvalue weighted by molar-refractivity contribution is -0.132. The molecule has 17 heavy (non-hydrogen) atoms. The molecule has 0 atom stereocenters. The minimum absolute atomic E-state index is 0.145. The maximum absolute atomic E-state index is 11.8. The fraction of sp³-hybridized carbons (Fsp3) is 0.417. The molecule has 5 heteroatoms. The van der Waals surface area contributed by atoms with E-state index in [0.29, 0.717) is 32.1 Å². The van der Waals surface area contributed by atoms with Crippen molar-refractivity contribution < 1.29 is 14.6 Å². The van der Waals surface area contributed by atoms with E-state index in [2.05, 4.69) is 0 Å². The summed E-state index contributed by atoms with van der Waals surface area (Å²) in [6.07, 6.45) is 0. The minimum Gasteiger partial charge on any atom is -0.508 e. The van der Waals surface area contributed by atoms with Crippen LogP contribution in [-0.2, 0) is 9.53 Å². The van der Waals surface area contributed by atoms with Crippen LogP contribution in [-0.4, -0.2) is 48.0 Å². The molecule has 0 aliphatic carbocycles. The van der Waals surface area contributed by atoms with Crippen LogP contribution >= 0.6 is 11.8 Å². The lowest BCUT2D eigenvalue weighted by atomic mass is 10.3. The molecule has 0 unspecified atom stereocenters. The summed E-state index contributed by atoms with van der Waals surface area (Å²) in [6.45, 7) is 2.65. The molecule has 0 spiro atoms. The highest BCUT2D eigenvalue weighted by atomic mass is 32.2. The number of carbonyl (C=O) groups excluding carboxylic acids is 1. The van der Waals surface area contributed by atoms with Crippen LogP contribution in [0.5, 0.6) is 5.75 Å². The van der Waals surface area contributed by atoms with Gasteiger partial charge in [-0.1, -0.05) is 0 Å². The Morgan fingerprint density at radius 1 is 1.29 bits per heavy atom. The number of ether oxygens (including phenoxy) is 1. The van der Waals surface area contributed by atoms with Gasteiger partial charge in [-0.05, 0) is 24.3 Å².